The molecule has 2 rings (SSSR count). The Kier molecular flexibility index (Phi) is 5.13. The molecule has 7 heteroatoms. The van der Waals surface area contributed by atoms with E-state index in [1.54, 1.807) is 30.3 Å². The first-order valence-electron chi connectivity index (χ1n) is 6.85. The predicted molar refractivity (Wildman–Crippen MR) is 79.4 cm³/mol. The van der Waals surface area contributed by atoms with Crippen LogP contribution in [0.15, 0.2) is 30.3 Å². The number of aromatic nitrogens is 2. The maximum Gasteiger partial charge on any atom is 0.328 e. The summed E-state index contributed by atoms with van der Waals surface area (Å²) >= 11 is 0. The number of rotatable bonds is 7. The van der Waals surface area contributed by atoms with Crippen LogP contribution in [0.25, 0.3) is 0 Å². The summed E-state index contributed by atoms with van der Waals surface area (Å²) in [5.74, 6) is 0.327. The number of carbonyl (C=O) groups excluding carboxylic acids is 1. The summed E-state index contributed by atoms with van der Waals surface area (Å²) in [7, 11) is 0. The molecular formula is C15H17N3O4. The van der Waals surface area contributed by atoms with Gasteiger partial charge in [0.15, 0.2) is 0 Å². The predicted octanol–water partition coefficient (Wildman–Crippen LogP) is 2.17. The molecule has 0 spiro atoms. The van der Waals surface area contributed by atoms with Crippen LogP contribution in [-0.2, 0) is 0 Å². The van der Waals surface area contributed by atoms with Crippen LogP contribution in [0.2, 0.25) is 0 Å². The fourth-order valence-corrected chi connectivity index (χ4v) is 1.73. The van der Waals surface area contributed by atoms with Crippen LogP contribution in [0.3, 0.4) is 0 Å². The zero-order valence-corrected chi connectivity index (χ0v) is 12.4. The van der Waals surface area contributed by atoms with Gasteiger partial charge in [-0.05, 0) is 26.0 Å². The normalized spacial score (nSPS) is 10.1. The molecule has 0 atom stereocenters. The first kappa shape index (κ1) is 15.6. The van der Waals surface area contributed by atoms with E-state index in [1.807, 2.05) is 13.8 Å². The van der Waals surface area contributed by atoms with Crippen LogP contribution in [-0.4, -0.2) is 29.1 Å². The van der Waals surface area contributed by atoms with Crippen molar-refractivity contribution >= 4 is 5.91 Å². The first-order chi connectivity index (χ1) is 10.6. The minimum Gasteiger partial charge on any atom is -0.478 e. The molecule has 0 aliphatic rings. The van der Waals surface area contributed by atoms with Gasteiger partial charge in [-0.3, -0.25) is 4.79 Å². The third kappa shape index (κ3) is 3.85. The molecule has 116 valence electrons. The molecule has 0 aliphatic carbocycles. The lowest BCUT2D eigenvalue weighted by Crippen LogP contribution is -2.12. The van der Waals surface area contributed by atoms with E-state index in [0.717, 1.165) is 0 Å². The molecular weight excluding hydrogens is 286 g/mol. The Hall–Kier alpha value is -2.83. The highest BCUT2D eigenvalue weighted by Gasteiger charge is 2.13. The van der Waals surface area contributed by atoms with Crippen LogP contribution in [0.4, 0.5) is 0 Å². The minimum atomic E-state index is -0.596. The summed E-state index contributed by atoms with van der Waals surface area (Å²) in [5.41, 5.74) is 5.56. The molecule has 22 heavy (non-hydrogen) atoms. The van der Waals surface area contributed by atoms with Crippen molar-refractivity contribution in [2.75, 3.05) is 13.2 Å². The fourth-order valence-electron chi connectivity index (χ4n) is 1.73. The maximum absolute atomic E-state index is 11.4. The lowest BCUT2D eigenvalue weighted by atomic mass is 10.2. The van der Waals surface area contributed by atoms with Crippen LogP contribution >= 0.6 is 0 Å². The third-order valence-corrected chi connectivity index (χ3v) is 2.60. The summed E-state index contributed by atoms with van der Waals surface area (Å²) in [4.78, 5) is 19.6. The van der Waals surface area contributed by atoms with Gasteiger partial charge in [-0.15, -0.1) is 0 Å². The number of primary amides is 1. The zero-order valence-electron chi connectivity index (χ0n) is 12.4. The summed E-state index contributed by atoms with van der Waals surface area (Å²) in [6.07, 6.45) is 0. The average molecular weight is 303 g/mol. The molecule has 0 bridgehead atoms. The highest BCUT2D eigenvalue weighted by molar-refractivity contribution is 5.95. The second kappa shape index (κ2) is 7.26. The third-order valence-electron chi connectivity index (χ3n) is 2.60. The molecule has 2 aromatic rings. The Labute approximate surface area is 128 Å². The second-order valence-electron chi connectivity index (χ2n) is 4.16. The Morgan fingerprint density at radius 2 is 1.68 bits per heavy atom. The standard InChI is InChI=1S/C15H17N3O4/c1-3-20-12-9-13(21-4-2)18-15(17-12)22-11-8-6-5-7-10(11)14(16)19/h5-9H,3-4H2,1-2H3,(H2,16,19). The number of hydrogen-bond acceptors (Lipinski definition) is 6. The Morgan fingerprint density at radius 3 is 2.23 bits per heavy atom. The molecule has 1 amide bonds. The number of nitrogens with zero attached hydrogens (tertiary/aromatic N) is 2. The number of ether oxygens (including phenoxy) is 3. The van der Waals surface area contributed by atoms with E-state index in [4.69, 9.17) is 19.9 Å². The fraction of sp³-hybridized carbons (Fsp3) is 0.267. The largest absolute Gasteiger partial charge is 0.478 e. The molecule has 0 aliphatic heterocycles. The molecule has 0 saturated carbocycles. The van der Waals surface area contributed by atoms with E-state index in [9.17, 15) is 4.79 Å². The van der Waals surface area contributed by atoms with Crippen molar-refractivity contribution < 1.29 is 19.0 Å². The number of carbonyl (C=O) groups is 1. The van der Waals surface area contributed by atoms with Gasteiger partial charge in [0.05, 0.1) is 24.8 Å². The number of amides is 1. The van der Waals surface area contributed by atoms with E-state index >= 15 is 0 Å². The van der Waals surface area contributed by atoms with Crippen molar-refractivity contribution in [1.82, 2.24) is 9.97 Å². The lowest BCUT2D eigenvalue weighted by molar-refractivity contribution is 0.0998. The zero-order chi connectivity index (χ0) is 15.9. The second-order valence-corrected chi connectivity index (χ2v) is 4.16. The van der Waals surface area contributed by atoms with Crippen LogP contribution in [0.5, 0.6) is 23.5 Å². The Balaban J connectivity index is 2.34. The van der Waals surface area contributed by atoms with Gasteiger partial charge >= 0.3 is 6.01 Å². The molecule has 2 N–H and O–H groups in total. The summed E-state index contributed by atoms with van der Waals surface area (Å²) in [6, 6.07) is 8.17. The van der Waals surface area contributed by atoms with Crippen molar-refractivity contribution in [3.05, 3.63) is 35.9 Å². The van der Waals surface area contributed by atoms with E-state index in [0.29, 0.717) is 25.0 Å². The van der Waals surface area contributed by atoms with Gasteiger partial charge in [0.25, 0.3) is 5.91 Å². The smallest absolute Gasteiger partial charge is 0.328 e. The van der Waals surface area contributed by atoms with E-state index in [-0.39, 0.29) is 17.3 Å². The highest BCUT2D eigenvalue weighted by Crippen LogP contribution is 2.26. The van der Waals surface area contributed by atoms with Crippen LogP contribution in [0.1, 0.15) is 24.2 Å². The summed E-state index contributed by atoms with van der Waals surface area (Å²) in [6.45, 7) is 4.57. The number of hydrogen-bond donors (Lipinski definition) is 1. The van der Waals surface area contributed by atoms with E-state index in [2.05, 4.69) is 9.97 Å². The quantitative estimate of drug-likeness (QED) is 0.842. The first-order valence-corrected chi connectivity index (χ1v) is 6.85. The molecule has 0 unspecified atom stereocenters. The summed E-state index contributed by atoms with van der Waals surface area (Å²) < 4.78 is 16.3. The number of nitrogens with two attached hydrogens (primary N) is 1. The van der Waals surface area contributed by atoms with Gasteiger partial charge in [-0.2, -0.15) is 9.97 Å². The Bertz CT molecular complexity index is 637. The van der Waals surface area contributed by atoms with Crippen molar-refractivity contribution in [2.45, 2.75) is 13.8 Å². The van der Waals surface area contributed by atoms with E-state index in [1.165, 1.54) is 0 Å². The van der Waals surface area contributed by atoms with E-state index < -0.39 is 5.91 Å². The average Bonchev–Trinajstić information content (AvgIpc) is 2.48. The van der Waals surface area contributed by atoms with Crippen molar-refractivity contribution in [1.29, 1.82) is 0 Å². The number of benzene rings is 1. The monoisotopic (exact) mass is 303 g/mol. The molecule has 0 radical (unpaired) electrons. The molecule has 7 nitrogen and oxygen atoms in total. The lowest BCUT2D eigenvalue weighted by Gasteiger charge is -2.10. The van der Waals surface area contributed by atoms with Crippen molar-refractivity contribution in [3.8, 4) is 23.5 Å². The molecule has 0 saturated heterocycles. The van der Waals surface area contributed by atoms with Crippen LogP contribution in [0, 0.1) is 0 Å². The van der Waals surface area contributed by atoms with Gasteiger partial charge < -0.3 is 19.9 Å². The van der Waals surface area contributed by atoms with Gasteiger partial charge in [-0.1, -0.05) is 12.1 Å². The SMILES string of the molecule is CCOc1cc(OCC)nc(Oc2ccccc2C(N)=O)n1. The molecule has 0 fully saturated rings. The van der Waals surface area contributed by atoms with Gasteiger partial charge in [0.1, 0.15) is 5.75 Å². The van der Waals surface area contributed by atoms with Crippen LogP contribution < -0.4 is 19.9 Å². The van der Waals surface area contributed by atoms with Crippen molar-refractivity contribution in [3.63, 3.8) is 0 Å². The molecule has 1 aromatic heterocycles. The molecule has 1 heterocycles. The van der Waals surface area contributed by atoms with Gasteiger partial charge in [0, 0.05) is 0 Å². The topological polar surface area (TPSA) is 96.6 Å². The van der Waals surface area contributed by atoms with Crippen molar-refractivity contribution in [2.24, 2.45) is 5.73 Å². The maximum atomic E-state index is 11.4. The highest BCUT2D eigenvalue weighted by atomic mass is 16.5. The van der Waals surface area contributed by atoms with Gasteiger partial charge in [0.2, 0.25) is 11.8 Å². The summed E-state index contributed by atoms with van der Waals surface area (Å²) in [5, 5.41) is 0. The van der Waals surface area contributed by atoms with Gasteiger partial charge in [-0.25, -0.2) is 0 Å². The molecule has 1 aromatic carbocycles. The minimum absolute atomic E-state index is 0.0168. The Morgan fingerprint density at radius 1 is 1.09 bits per heavy atom. The number of para-hydroxylation sites is 1.